The van der Waals surface area contributed by atoms with Crippen LogP contribution in [-0.2, 0) is 36.8 Å². The third-order valence-electron chi connectivity index (χ3n) is 4.44. The SMILES string of the molecule is CCc1cccc(NC(=O)Cn2nc(C(F)(F)F)c3c2CCCC3)c1. The van der Waals surface area contributed by atoms with E-state index < -0.39 is 11.9 Å². The third kappa shape index (κ3) is 3.86. The minimum Gasteiger partial charge on any atom is -0.324 e. The van der Waals surface area contributed by atoms with Gasteiger partial charge in [-0.15, -0.1) is 0 Å². The van der Waals surface area contributed by atoms with Crippen molar-refractivity contribution in [3.8, 4) is 0 Å². The molecule has 1 aliphatic rings. The summed E-state index contributed by atoms with van der Waals surface area (Å²) in [7, 11) is 0. The van der Waals surface area contributed by atoms with Gasteiger partial charge in [-0.3, -0.25) is 9.48 Å². The van der Waals surface area contributed by atoms with Gasteiger partial charge in [0.2, 0.25) is 5.91 Å². The van der Waals surface area contributed by atoms with Crippen LogP contribution in [0, 0.1) is 0 Å². The summed E-state index contributed by atoms with van der Waals surface area (Å²) in [5, 5.41) is 6.45. The Balaban J connectivity index is 1.80. The molecule has 0 aliphatic heterocycles. The molecule has 2 aromatic rings. The first-order chi connectivity index (χ1) is 11.9. The lowest BCUT2D eigenvalue weighted by Crippen LogP contribution is -2.22. The zero-order valence-corrected chi connectivity index (χ0v) is 14.0. The second-order valence-electron chi connectivity index (χ2n) is 6.24. The Bertz CT molecular complexity index is 780. The standard InChI is InChI=1S/C18H20F3N3O/c1-2-12-6-5-7-13(10-12)22-16(25)11-24-15-9-4-3-8-14(15)17(23-24)18(19,20)21/h5-7,10H,2-4,8-9,11H2,1H3,(H,22,25). The molecule has 1 amide bonds. The number of hydrogen-bond donors (Lipinski definition) is 1. The van der Waals surface area contributed by atoms with E-state index >= 15 is 0 Å². The number of nitrogens with zero attached hydrogens (tertiary/aromatic N) is 2. The monoisotopic (exact) mass is 351 g/mol. The van der Waals surface area contributed by atoms with E-state index in [9.17, 15) is 18.0 Å². The van der Waals surface area contributed by atoms with Gasteiger partial charge in [-0.2, -0.15) is 18.3 Å². The first kappa shape index (κ1) is 17.5. The molecular weight excluding hydrogens is 331 g/mol. The van der Waals surface area contributed by atoms with E-state index in [1.54, 1.807) is 6.07 Å². The van der Waals surface area contributed by atoms with Crippen molar-refractivity contribution in [2.45, 2.75) is 51.7 Å². The van der Waals surface area contributed by atoms with E-state index in [2.05, 4.69) is 10.4 Å². The number of fused-ring (bicyclic) bond motifs is 1. The first-order valence-corrected chi connectivity index (χ1v) is 8.43. The molecule has 134 valence electrons. The van der Waals surface area contributed by atoms with Gasteiger partial charge in [-0.1, -0.05) is 19.1 Å². The second kappa shape index (κ2) is 6.90. The maximum Gasteiger partial charge on any atom is 0.435 e. The number of rotatable bonds is 4. The van der Waals surface area contributed by atoms with Gasteiger partial charge < -0.3 is 5.32 Å². The summed E-state index contributed by atoms with van der Waals surface area (Å²) in [6.45, 7) is 1.80. The van der Waals surface area contributed by atoms with Gasteiger partial charge >= 0.3 is 6.18 Å². The Hall–Kier alpha value is -2.31. The summed E-state index contributed by atoms with van der Waals surface area (Å²) in [5.74, 6) is -0.377. The van der Waals surface area contributed by atoms with E-state index in [-0.39, 0.29) is 18.0 Å². The van der Waals surface area contributed by atoms with Crippen LogP contribution in [0.15, 0.2) is 24.3 Å². The molecule has 0 unspecified atom stereocenters. The van der Waals surface area contributed by atoms with Crippen molar-refractivity contribution in [3.63, 3.8) is 0 Å². The van der Waals surface area contributed by atoms with Crippen LogP contribution in [0.3, 0.4) is 0 Å². The fraction of sp³-hybridized carbons (Fsp3) is 0.444. The molecule has 0 spiro atoms. The molecule has 1 heterocycles. The van der Waals surface area contributed by atoms with E-state index in [1.165, 1.54) is 4.68 Å². The number of amides is 1. The molecule has 1 N–H and O–H groups in total. The number of benzene rings is 1. The van der Waals surface area contributed by atoms with Gasteiger partial charge in [0.15, 0.2) is 5.69 Å². The Kier molecular flexibility index (Phi) is 4.83. The van der Waals surface area contributed by atoms with Crippen LogP contribution in [0.25, 0.3) is 0 Å². The van der Waals surface area contributed by atoms with Crippen LogP contribution in [0.2, 0.25) is 0 Å². The second-order valence-corrected chi connectivity index (χ2v) is 6.24. The minimum atomic E-state index is -4.49. The number of anilines is 1. The highest BCUT2D eigenvalue weighted by atomic mass is 19.4. The highest BCUT2D eigenvalue weighted by molar-refractivity contribution is 5.90. The van der Waals surface area contributed by atoms with Crippen molar-refractivity contribution in [3.05, 3.63) is 46.8 Å². The summed E-state index contributed by atoms with van der Waals surface area (Å²) in [6, 6.07) is 7.41. The largest absolute Gasteiger partial charge is 0.435 e. The van der Waals surface area contributed by atoms with E-state index in [1.807, 2.05) is 25.1 Å². The minimum absolute atomic E-state index is 0.214. The molecule has 0 radical (unpaired) electrons. The Labute approximate surface area is 144 Å². The number of aromatic nitrogens is 2. The van der Waals surface area contributed by atoms with Gasteiger partial charge in [-0.25, -0.2) is 0 Å². The number of hydrogen-bond acceptors (Lipinski definition) is 2. The number of carbonyl (C=O) groups is 1. The fourth-order valence-corrected chi connectivity index (χ4v) is 3.23. The van der Waals surface area contributed by atoms with Gasteiger partial charge in [0, 0.05) is 16.9 Å². The van der Waals surface area contributed by atoms with Crippen molar-refractivity contribution in [2.75, 3.05) is 5.32 Å². The lowest BCUT2D eigenvalue weighted by atomic mass is 9.95. The van der Waals surface area contributed by atoms with Crippen molar-refractivity contribution in [1.82, 2.24) is 9.78 Å². The highest BCUT2D eigenvalue weighted by Crippen LogP contribution is 2.35. The molecule has 1 aromatic carbocycles. The zero-order chi connectivity index (χ0) is 18.0. The summed E-state index contributed by atoms with van der Waals surface area (Å²) >= 11 is 0. The fourth-order valence-electron chi connectivity index (χ4n) is 3.23. The van der Waals surface area contributed by atoms with Crippen LogP contribution < -0.4 is 5.32 Å². The van der Waals surface area contributed by atoms with Crippen LogP contribution in [0.4, 0.5) is 18.9 Å². The first-order valence-electron chi connectivity index (χ1n) is 8.43. The number of nitrogens with one attached hydrogen (secondary N) is 1. The molecular formula is C18H20F3N3O. The number of aryl methyl sites for hydroxylation is 1. The van der Waals surface area contributed by atoms with Gasteiger partial charge in [0.05, 0.1) is 0 Å². The molecule has 1 aliphatic carbocycles. The van der Waals surface area contributed by atoms with Crippen molar-refractivity contribution in [2.24, 2.45) is 0 Å². The maximum absolute atomic E-state index is 13.2. The summed E-state index contributed by atoms with van der Waals surface area (Å²) < 4.78 is 40.8. The van der Waals surface area contributed by atoms with Crippen LogP contribution >= 0.6 is 0 Å². The quantitative estimate of drug-likeness (QED) is 0.906. The lowest BCUT2D eigenvalue weighted by molar-refractivity contribution is -0.142. The molecule has 1 aromatic heterocycles. The Morgan fingerprint density at radius 2 is 2.04 bits per heavy atom. The van der Waals surface area contributed by atoms with E-state index in [0.717, 1.165) is 24.8 Å². The molecule has 7 heteroatoms. The van der Waals surface area contributed by atoms with E-state index in [0.29, 0.717) is 24.2 Å². The predicted octanol–water partition coefficient (Wildman–Crippen LogP) is 3.98. The normalized spacial score (nSPS) is 14.2. The maximum atomic E-state index is 13.2. The lowest BCUT2D eigenvalue weighted by Gasteiger charge is -2.14. The molecule has 0 saturated heterocycles. The topological polar surface area (TPSA) is 46.9 Å². The molecule has 4 nitrogen and oxygen atoms in total. The number of carbonyl (C=O) groups excluding carboxylic acids is 1. The third-order valence-corrected chi connectivity index (χ3v) is 4.44. The molecule has 25 heavy (non-hydrogen) atoms. The van der Waals surface area contributed by atoms with Crippen molar-refractivity contribution < 1.29 is 18.0 Å². The average molecular weight is 351 g/mol. The Morgan fingerprint density at radius 1 is 1.28 bits per heavy atom. The van der Waals surface area contributed by atoms with E-state index in [4.69, 9.17) is 0 Å². The van der Waals surface area contributed by atoms with Crippen LogP contribution in [-0.4, -0.2) is 15.7 Å². The molecule has 0 atom stereocenters. The zero-order valence-electron chi connectivity index (χ0n) is 14.0. The molecule has 0 saturated carbocycles. The summed E-state index contributed by atoms with van der Waals surface area (Å²) in [6.07, 6.45) is -1.22. The molecule has 3 rings (SSSR count). The molecule has 0 bridgehead atoms. The van der Waals surface area contributed by atoms with Crippen LogP contribution in [0.5, 0.6) is 0 Å². The molecule has 0 fully saturated rings. The van der Waals surface area contributed by atoms with Gasteiger partial charge in [-0.05, 0) is 49.8 Å². The average Bonchev–Trinajstić information content (AvgIpc) is 2.94. The summed E-state index contributed by atoms with van der Waals surface area (Å²) in [5.41, 5.74) is 1.66. The number of alkyl halides is 3. The van der Waals surface area contributed by atoms with Crippen molar-refractivity contribution in [1.29, 1.82) is 0 Å². The van der Waals surface area contributed by atoms with Gasteiger partial charge in [0.25, 0.3) is 0 Å². The van der Waals surface area contributed by atoms with Crippen molar-refractivity contribution >= 4 is 11.6 Å². The van der Waals surface area contributed by atoms with Gasteiger partial charge in [0.1, 0.15) is 6.54 Å². The smallest absolute Gasteiger partial charge is 0.324 e. The summed E-state index contributed by atoms with van der Waals surface area (Å²) in [4.78, 5) is 12.3. The predicted molar refractivity (Wildman–Crippen MR) is 88.3 cm³/mol. The Morgan fingerprint density at radius 3 is 2.76 bits per heavy atom. The highest BCUT2D eigenvalue weighted by Gasteiger charge is 2.39. The van der Waals surface area contributed by atoms with Crippen LogP contribution in [0.1, 0.15) is 42.3 Å². The number of halogens is 3.